The molecule has 0 spiro atoms. The molecule has 1 saturated carbocycles. The molecule has 2 rings (SSSR count). The van der Waals surface area contributed by atoms with Crippen molar-refractivity contribution in [3.8, 4) is 0 Å². The van der Waals surface area contributed by atoms with Gasteiger partial charge in [0.1, 0.15) is 0 Å². The molecular weight excluding hydrogens is 351 g/mol. The SMILES string of the molecule is CC1CCCN(C(N)=NCC(C)N(C)C2CC2)C1.I. The molecule has 112 valence electrons. The monoisotopic (exact) mass is 380 g/mol. The van der Waals surface area contributed by atoms with Crippen LogP contribution in [0, 0.1) is 5.92 Å². The first-order valence-corrected chi connectivity index (χ1v) is 7.34. The maximum atomic E-state index is 6.11. The van der Waals surface area contributed by atoms with E-state index in [1.54, 1.807) is 0 Å². The summed E-state index contributed by atoms with van der Waals surface area (Å²) in [7, 11) is 2.21. The minimum atomic E-state index is 0. The molecule has 2 aliphatic rings. The van der Waals surface area contributed by atoms with Crippen molar-refractivity contribution in [2.75, 3.05) is 26.7 Å². The summed E-state index contributed by atoms with van der Waals surface area (Å²) in [6, 6.07) is 1.30. The summed E-state index contributed by atoms with van der Waals surface area (Å²) >= 11 is 0. The summed E-state index contributed by atoms with van der Waals surface area (Å²) in [5.74, 6) is 1.50. The third-order valence-corrected chi connectivity index (χ3v) is 4.32. The first kappa shape index (κ1) is 17.0. The number of rotatable bonds is 4. The summed E-state index contributed by atoms with van der Waals surface area (Å²) in [5.41, 5.74) is 6.11. The van der Waals surface area contributed by atoms with E-state index in [0.29, 0.717) is 6.04 Å². The summed E-state index contributed by atoms with van der Waals surface area (Å²) in [6.07, 6.45) is 5.27. The van der Waals surface area contributed by atoms with E-state index in [9.17, 15) is 0 Å². The maximum Gasteiger partial charge on any atom is 0.191 e. The van der Waals surface area contributed by atoms with Gasteiger partial charge in [-0.25, -0.2) is 0 Å². The fourth-order valence-electron chi connectivity index (χ4n) is 2.69. The second-order valence-corrected chi connectivity index (χ2v) is 6.14. The molecule has 0 radical (unpaired) electrons. The normalized spacial score (nSPS) is 26.2. The Kier molecular flexibility index (Phi) is 6.86. The Balaban J connectivity index is 0.00000180. The van der Waals surface area contributed by atoms with E-state index in [2.05, 4.69) is 35.7 Å². The summed E-state index contributed by atoms with van der Waals surface area (Å²) in [4.78, 5) is 9.28. The molecule has 19 heavy (non-hydrogen) atoms. The van der Waals surface area contributed by atoms with Crippen molar-refractivity contribution < 1.29 is 0 Å². The Hall–Kier alpha value is -0.0400. The van der Waals surface area contributed by atoms with Crippen molar-refractivity contribution in [2.24, 2.45) is 16.6 Å². The Labute approximate surface area is 134 Å². The van der Waals surface area contributed by atoms with Gasteiger partial charge in [0, 0.05) is 25.2 Å². The number of nitrogens with zero attached hydrogens (tertiary/aromatic N) is 3. The van der Waals surface area contributed by atoms with E-state index in [0.717, 1.165) is 37.6 Å². The topological polar surface area (TPSA) is 44.9 Å². The van der Waals surface area contributed by atoms with E-state index < -0.39 is 0 Å². The lowest BCUT2D eigenvalue weighted by atomic mass is 10.0. The molecule has 0 aromatic carbocycles. The van der Waals surface area contributed by atoms with Gasteiger partial charge in [-0.05, 0) is 45.6 Å². The average molecular weight is 380 g/mol. The van der Waals surface area contributed by atoms with E-state index in [1.807, 2.05) is 0 Å². The largest absolute Gasteiger partial charge is 0.370 e. The zero-order valence-corrected chi connectivity index (χ0v) is 14.8. The van der Waals surface area contributed by atoms with Gasteiger partial charge in [-0.2, -0.15) is 0 Å². The number of aliphatic imine (C=N–C) groups is 1. The first-order valence-electron chi connectivity index (χ1n) is 7.34. The molecule has 1 saturated heterocycles. The van der Waals surface area contributed by atoms with E-state index in [-0.39, 0.29) is 24.0 Å². The maximum absolute atomic E-state index is 6.11. The van der Waals surface area contributed by atoms with Gasteiger partial charge in [0.05, 0.1) is 6.54 Å². The predicted molar refractivity (Wildman–Crippen MR) is 92.1 cm³/mol. The van der Waals surface area contributed by atoms with Gasteiger partial charge in [0.2, 0.25) is 0 Å². The Morgan fingerprint density at radius 1 is 1.42 bits per heavy atom. The number of likely N-dealkylation sites (N-methyl/N-ethyl adjacent to an activating group) is 1. The highest BCUT2D eigenvalue weighted by Gasteiger charge is 2.29. The van der Waals surface area contributed by atoms with Crippen LogP contribution in [0.3, 0.4) is 0 Å². The minimum Gasteiger partial charge on any atom is -0.370 e. The summed E-state index contributed by atoms with van der Waals surface area (Å²) in [5, 5.41) is 0. The minimum absolute atomic E-state index is 0. The zero-order valence-electron chi connectivity index (χ0n) is 12.5. The first-order chi connectivity index (χ1) is 8.58. The molecule has 1 aliphatic heterocycles. The van der Waals surface area contributed by atoms with Gasteiger partial charge in [-0.15, -0.1) is 24.0 Å². The molecule has 2 unspecified atom stereocenters. The van der Waals surface area contributed by atoms with E-state index in [4.69, 9.17) is 5.73 Å². The number of piperidine rings is 1. The standard InChI is InChI=1S/C14H28N4.HI/c1-11-5-4-8-18(10-11)14(15)16-9-12(2)17(3)13-6-7-13;/h11-13H,4-10H2,1-3H3,(H2,15,16);1H. The fourth-order valence-corrected chi connectivity index (χ4v) is 2.69. The molecule has 2 fully saturated rings. The third-order valence-electron chi connectivity index (χ3n) is 4.32. The van der Waals surface area contributed by atoms with Crippen molar-refractivity contribution >= 4 is 29.9 Å². The molecule has 1 heterocycles. The highest BCUT2D eigenvalue weighted by Crippen LogP contribution is 2.26. The lowest BCUT2D eigenvalue weighted by Crippen LogP contribution is -2.44. The van der Waals surface area contributed by atoms with Crippen LogP contribution in [0.2, 0.25) is 0 Å². The molecule has 2 N–H and O–H groups in total. The fraction of sp³-hybridized carbons (Fsp3) is 0.929. The number of hydrogen-bond donors (Lipinski definition) is 1. The lowest BCUT2D eigenvalue weighted by Gasteiger charge is -2.32. The van der Waals surface area contributed by atoms with Crippen molar-refractivity contribution in [1.82, 2.24) is 9.80 Å². The molecule has 2 atom stereocenters. The summed E-state index contributed by atoms with van der Waals surface area (Å²) in [6.45, 7) is 7.51. The number of guanidine groups is 1. The second-order valence-electron chi connectivity index (χ2n) is 6.14. The van der Waals surface area contributed by atoms with Crippen LogP contribution < -0.4 is 5.73 Å². The molecular formula is C14H29IN4. The van der Waals surface area contributed by atoms with Gasteiger partial charge in [0.25, 0.3) is 0 Å². The second kappa shape index (κ2) is 7.67. The third kappa shape index (κ3) is 5.10. The molecule has 0 bridgehead atoms. The Morgan fingerprint density at radius 2 is 2.11 bits per heavy atom. The Morgan fingerprint density at radius 3 is 2.68 bits per heavy atom. The van der Waals surface area contributed by atoms with Gasteiger partial charge < -0.3 is 10.6 Å². The van der Waals surface area contributed by atoms with Crippen molar-refractivity contribution in [1.29, 1.82) is 0 Å². The molecule has 1 aliphatic carbocycles. The zero-order chi connectivity index (χ0) is 13.1. The average Bonchev–Trinajstić information content (AvgIpc) is 3.18. The molecule has 0 aromatic rings. The summed E-state index contributed by atoms with van der Waals surface area (Å²) < 4.78 is 0. The number of hydrogen-bond acceptors (Lipinski definition) is 2. The Bertz CT molecular complexity index is 304. The van der Waals surface area contributed by atoms with Gasteiger partial charge in [-0.3, -0.25) is 9.89 Å². The highest BCUT2D eigenvalue weighted by molar-refractivity contribution is 14.0. The van der Waals surface area contributed by atoms with Crippen LogP contribution in [-0.4, -0.2) is 54.5 Å². The molecule has 0 aromatic heterocycles. The number of halogens is 1. The van der Waals surface area contributed by atoms with Gasteiger partial charge >= 0.3 is 0 Å². The lowest BCUT2D eigenvalue weighted by molar-refractivity contribution is 0.249. The van der Waals surface area contributed by atoms with Crippen LogP contribution in [0.15, 0.2) is 4.99 Å². The van der Waals surface area contributed by atoms with E-state index >= 15 is 0 Å². The van der Waals surface area contributed by atoms with Crippen molar-refractivity contribution in [3.05, 3.63) is 0 Å². The van der Waals surface area contributed by atoms with Crippen LogP contribution in [-0.2, 0) is 0 Å². The quantitative estimate of drug-likeness (QED) is 0.462. The van der Waals surface area contributed by atoms with Crippen LogP contribution in [0.25, 0.3) is 0 Å². The van der Waals surface area contributed by atoms with Crippen LogP contribution in [0.4, 0.5) is 0 Å². The van der Waals surface area contributed by atoms with Crippen LogP contribution in [0.1, 0.15) is 39.5 Å². The van der Waals surface area contributed by atoms with Gasteiger partial charge in [-0.1, -0.05) is 6.92 Å². The van der Waals surface area contributed by atoms with E-state index in [1.165, 1.54) is 25.7 Å². The number of likely N-dealkylation sites (tertiary alicyclic amines) is 1. The van der Waals surface area contributed by atoms with Crippen LogP contribution in [0.5, 0.6) is 0 Å². The molecule has 5 heteroatoms. The molecule has 4 nitrogen and oxygen atoms in total. The van der Waals surface area contributed by atoms with Gasteiger partial charge in [0.15, 0.2) is 5.96 Å². The predicted octanol–water partition coefficient (Wildman–Crippen LogP) is 2.13. The van der Waals surface area contributed by atoms with Crippen molar-refractivity contribution in [2.45, 2.75) is 51.6 Å². The molecule has 0 amide bonds. The van der Waals surface area contributed by atoms with Crippen LogP contribution >= 0.6 is 24.0 Å². The van der Waals surface area contributed by atoms with Crippen molar-refractivity contribution in [3.63, 3.8) is 0 Å². The highest BCUT2D eigenvalue weighted by atomic mass is 127. The number of nitrogens with two attached hydrogens (primary N) is 1. The smallest absolute Gasteiger partial charge is 0.191 e.